The molecular formula is C15H27N3S. The van der Waals surface area contributed by atoms with Gasteiger partial charge in [0.1, 0.15) is 5.01 Å². The van der Waals surface area contributed by atoms with Gasteiger partial charge in [0.2, 0.25) is 0 Å². The molecular weight excluding hydrogens is 254 g/mol. The molecule has 0 aromatic carbocycles. The molecule has 1 fully saturated rings. The zero-order chi connectivity index (χ0) is 13.9. The van der Waals surface area contributed by atoms with E-state index in [1.54, 1.807) is 11.3 Å². The van der Waals surface area contributed by atoms with Gasteiger partial charge in [0.05, 0.1) is 5.69 Å². The predicted molar refractivity (Wildman–Crippen MR) is 82.7 cm³/mol. The molecule has 2 heterocycles. The van der Waals surface area contributed by atoms with Crippen LogP contribution < -0.4 is 5.32 Å². The second-order valence-electron chi connectivity index (χ2n) is 6.56. The Morgan fingerprint density at radius 3 is 2.84 bits per heavy atom. The van der Waals surface area contributed by atoms with E-state index in [2.05, 4.69) is 43.3 Å². The minimum absolute atomic E-state index is 0.168. The summed E-state index contributed by atoms with van der Waals surface area (Å²) in [5.41, 5.74) is 1.38. The van der Waals surface area contributed by atoms with Crippen molar-refractivity contribution >= 4 is 11.3 Å². The molecule has 19 heavy (non-hydrogen) atoms. The van der Waals surface area contributed by atoms with Gasteiger partial charge in [0.25, 0.3) is 0 Å². The number of aromatic nitrogens is 1. The first-order valence-corrected chi connectivity index (χ1v) is 8.25. The lowest BCUT2D eigenvalue weighted by molar-refractivity contribution is 0.339. The number of likely N-dealkylation sites (tertiary alicyclic amines) is 1. The summed E-state index contributed by atoms with van der Waals surface area (Å²) in [6.45, 7) is 14.7. The second kappa shape index (κ2) is 6.33. The first-order valence-electron chi connectivity index (χ1n) is 7.37. The van der Waals surface area contributed by atoms with Crippen LogP contribution in [0.1, 0.15) is 44.8 Å². The van der Waals surface area contributed by atoms with Gasteiger partial charge in [-0.2, -0.15) is 0 Å². The number of hydrogen-bond acceptors (Lipinski definition) is 4. The topological polar surface area (TPSA) is 28.2 Å². The molecule has 0 aliphatic carbocycles. The third kappa shape index (κ3) is 4.26. The van der Waals surface area contributed by atoms with Gasteiger partial charge < -0.3 is 10.2 Å². The molecule has 1 aromatic heterocycles. The Morgan fingerprint density at radius 2 is 2.26 bits per heavy atom. The number of nitrogens with one attached hydrogen (secondary N) is 1. The summed E-state index contributed by atoms with van der Waals surface area (Å²) in [7, 11) is 0. The van der Waals surface area contributed by atoms with Gasteiger partial charge in [-0.1, -0.05) is 27.7 Å². The summed E-state index contributed by atoms with van der Waals surface area (Å²) in [4.78, 5) is 7.26. The van der Waals surface area contributed by atoms with Crippen molar-refractivity contribution in [3.8, 4) is 0 Å². The molecule has 1 unspecified atom stereocenters. The molecule has 2 rings (SSSR count). The molecule has 1 saturated heterocycles. The van der Waals surface area contributed by atoms with Crippen molar-refractivity contribution in [3.05, 3.63) is 16.1 Å². The third-order valence-corrected chi connectivity index (χ3v) is 4.70. The lowest BCUT2D eigenvalue weighted by Crippen LogP contribution is -2.26. The van der Waals surface area contributed by atoms with E-state index < -0.39 is 0 Å². The summed E-state index contributed by atoms with van der Waals surface area (Å²) >= 11 is 1.78. The van der Waals surface area contributed by atoms with Crippen molar-refractivity contribution in [2.45, 2.75) is 46.1 Å². The first kappa shape index (κ1) is 14.9. The van der Waals surface area contributed by atoms with Crippen LogP contribution in [0.25, 0.3) is 0 Å². The fourth-order valence-corrected chi connectivity index (χ4v) is 3.48. The standard InChI is InChI=1S/C15H27N3S/c1-5-18-7-6-12(10-18)8-16-9-14-17-13(11-19-14)15(2,3)4/h11-12,16H,5-10H2,1-4H3. The Balaban J connectivity index is 1.73. The van der Waals surface area contributed by atoms with Gasteiger partial charge in [-0.25, -0.2) is 4.98 Å². The molecule has 0 saturated carbocycles. The molecule has 0 bridgehead atoms. The maximum atomic E-state index is 4.72. The fourth-order valence-electron chi connectivity index (χ4n) is 2.49. The maximum absolute atomic E-state index is 4.72. The predicted octanol–water partition coefficient (Wildman–Crippen LogP) is 2.87. The van der Waals surface area contributed by atoms with E-state index in [4.69, 9.17) is 4.98 Å². The minimum atomic E-state index is 0.168. The molecule has 1 N–H and O–H groups in total. The van der Waals surface area contributed by atoms with Gasteiger partial charge in [-0.05, 0) is 32.0 Å². The fraction of sp³-hybridized carbons (Fsp3) is 0.800. The lowest BCUT2D eigenvalue weighted by atomic mass is 9.93. The van der Waals surface area contributed by atoms with Crippen LogP contribution in [0.2, 0.25) is 0 Å². The van der Waals surface area contributed by atoms with E-state index in [1.165, 1.54) is 36.8 Å². The van der Waals surface area contributed by atoms with E-state index in [-0.39, 0.29) is 5.41 Å². The van der Waals surface area contributed by atoms with Crippen LogP contribution in [0.4, 0.5) is 0 Å². The molecule has 0 amide bonds. The minimum Gasteiger partial charge on any atom is -0.310 e. The van der Waals surface area contributed by atoms with Crippen LogP contribution in [0.5, 0.6) is 0 Å². The van der Waals surface area contributed by atoms with E-state index in [0.29, 0.717) is 0 Å². The number of nitrogens with zero attached hydrogens (tertiary/aromatic N) is 2. The zero-order valence-corrected chi connectivity index (χ0v) is 13.5. The SMILES string of the molecule is CCN1CCC(CNCc2nc(C(C)(C)C)cs2)C1. The lowest BCUT2D eigenvalue weighted by Gasteiger charge is -2.14. The van der Waals surface area contributed by atoms with E-state index in [1.807, 2.05) is 0 Å². The van der Waals surface area contributed by atoms with Gasteiger partial charge >= 0.3 is 0 Å². The van der Waals surface area contributed by atoms with Gasteiger partial charge in [-0.3, -0.25) is 0 Å². The van der Waals surface area contributed by atoms with Crippen LogP contribution >= 0.6 is 11.3 Å². The Kier molecular flexibility index (Phi) is 4.98. The number of thiazole rings is 1. The molecule has 1 aliphatic heterocycles. The third-order valence-electron chi connectivity index (χ3n) is 3.85. The van der Waals surface area contributed by atoms with Crippen molar-refractivity contribution in [1.82, 2.24) is 15.2 Å². The summed E-state index contributed by atoms with van der Waals surface area (Å²) in [6, 6.07) is 0. The van der Waals surface area contributed by atoms with Crippen LogP contribution in [0, 0.1) is 5.92 Å². The highest BCUT2D eigenvalue weighted by Gasteiger charge is 2.21. The number of rotatable bonds is 5. The van der Waals surface area contributed by atoms with Crippen molar-refractivity contribution in [3.63, 3.8) is 0 Å². The number of hydrogen-bond donors (Lipinski definition) is 1. The van der Waals surface area contributed by atoms with Gasteiger partial charge in [-0.15, -0.1) is 11.3 Å². The van der Waals surface area contributed by atoms with Crippen LogP contribution in [0.15, 0.2) is 5.38 Å². The monoisotopic (exact) mass is 281 g/mol. The highest BCUT2D eigenvalue weighted by Crippen LogP contribution is 2.23. The van der Waals surface area contributed by atoms with Crippen LogP contribution in [-0.2, 0) is 12.0 Å². The Morgan fingerprint density at radius 1 is 1.47 bits per heavy atom. The van der Waals surface area contributed by atoms with Gasteiger partial charge in [0, 0.05) is 23.9 Å². The van der Waals surface area contributed by atoms with Crippen LogP contribution in [-0.4, -0.2) is 36.1 Å². The largest absolute Gasteiger partial charge is 0.310 e. The average Bonchev–Trinajstić information content (AvgIpc) is 2.96. The smallest absolute Gasteiger partial charge is 0.107 e. The average molecular weight is 281 g/mol. The van der Waals surface area contributed by atoms with Crippen LogP contribution in [0.3, 0.4) is 0 Å². The molecule has 1 atom stereocenters. The Labute approximate surface area is 121 Å². The van der Waals surface area contributed by atoms with Crippen molar-refractivity contribution in [2.75, 3.05) is 26.2 Å². The molecule has 108 valence electrons. The second-order valence-corrected chi connectivity index (χ2v) is 7.50. The molecule has 1 aliphatic rings. The quantitative estimate of drug-likeness (QED) is 0.899. The van der Waals surface area contributed by atoms with Gasteiger partial charge in [0.15, 0.2) is 0 Å². The molecule has 3 nitrogen and oxygen atoms in total. The van der Waals surface area contributed by atoms with Crippen molar-refractivity contribution in [2.24, 2.45) is 5.92 Å². The highest BCUT2D eigenvalue weighted by molar-refractivity contribution is 7.09. The molecule has 0 spiro atoms. The van der Waals surface area contributed by atoms with E-state index in [9.17, 15) is 0 Å². The first-order chi connectivity index (χ1) is 8.99. The molecule has 4 heteroatoms. The molecule has 0 radical (unpaired) electrons. The van der Waals surface area contributed by atoms with Crippen molar-refractivity contribution < 1.29 is 0 Å². The Bertz CT molecular complexity index is 394. The normalized spacial score (nSPS) is 21.2. The van der Waals surface area contributed by atoms with E-state index >= 15 is 0 Å². The summed E-state index contributed by atoms with van der Waals surface area (Å²) in [5, 5.41) is 6.99. The summed E-state index contributed by atoms with van der Waals surface area (Å²) in [6.07, 6.45) is 1.34. The summed E-state index contributed by atoms with van der Waals surface area (Å²) < 4.78 is 0. The van der Waals surface area contributed by atoms with E-state index in [0.717, 1.165) is 19.0 Å². The summed E-state index contributed by atoms with van der Waals surface area (Å²) in [5.74, 6) is 0.821. The Hall–Kier alpha value is -0.450. The zero-order valence-electron chi connectivity index (χ0n) is 12.7. The maximum Gasteiger partial charge on any atom is 0.107 e. The molecule has 1 aromatic rings. The van der Waals surface area contributed by atoms with Crippen molar-refractivity contribution in [1.29, 1.82) is 0 Å². The highest BCUT2D eigenvalue weighted by atomic mass is 32.1.